The summed E-state index contributed by atoms with van der Waals surface area (Å²) < 4.78 is 80.5. The fourth-order valence-corrected chi connectivity index (χ4v) is 5.43. The highest BCUT2D eigenvalue weighted by Crippen LogP contribution is 2.44. The van der Waals surface area contributed by atoms with Crippen molar-refractivity contribution < 1.29 is 26.3 Å². The number of hydrogen-bond donors (Lipinski definition) is 1. The molecule has 1 N–H and O–H groups in total. The summed E-state index contributed by atoms with van der Waals surface area (Å²) in [7, 11) is 0. The van der Waals surface area contributed by atoms with Gasteiger partial charge in [-0.3, -0.25) is 5.01 Å². The van der Waals surface area contributed by atoms with Gasteiger partial charge in [-0.2, -0.15) is 26.3 Å². The van der Waals surface area contributed by atoms with Gasteiger partial charge in [0, 0.05) is 11.4 Å². The van der Waals surface area contributed by atoms with Crippen molar-refractivity contribution in [3.05, 3.63) is 71.2 Å². The zero-order valence-electron chi connectivity index (χ0n) is 17.8. The lowest BCUT2D eigenvalue weighted by Crippen LogP contribution is -2.41. The fourth-order valence-electron chi connectivity index (χ4n) is 4.40. The second kappa shape index (κ2) is 8.23. The van der Waals surface area contributed by atoms with E-state index in [4.69, 9.17) is 0 Å². The third-order valence-corrected chi connectivity index (χ3v) is 7.04. The predicted octanol–water partition coefficient (Wildman–Crippen LogP) is 6.85. The van der Waals surface area contributed by atoms with Crippen LogP contribution in [0.1, 0.15) is 48.3 Å². The van der Waals surface area contributed by atoms with E-state index in [1.165, 1.54) is 0 Å². The Morgan fingerprint density at radius 3 is 2.47 bits per heavy atom. The summed E-state index contributed by atoms with van der Waals surface area (Å²) in [5.41, 5.74) is -2.53. The average Bonchev–Trinajstić information content (AvgIpc) is 3.49. The van der Waals surface area contributed by atoms with Crippen molar-refractivity contribution in [3.8, 4) is 0 Å². The summed E-state index contributed by atoms with van der Waals surface area (Å²) in [5.74, 6) is 0.212. The van der Waals surface area contributed by atoms with Crippen LogP contribution in [0, 0.1) is 6.20 Å². The Bertz CT molecular complexity index is 1230. The summed E-state index contributed by atoms with van der Waals surface area (Å²) in [6.07, 6.45) is -5.15. The number of hydrogen-bond acceptors (Lipinski definition) is 4. The van der Waals surface area contributed by atoms with Gasteiger partial charge < -0.3 is 4.98 Å². The number of imidazole rings is 1. The maximum Gasteiger partial charge on any atom is 0.418 e. The minimum Gasteiger partial charge on any atom is -0.341 e. The Morgan fingerprint density at radius 2 is 1.79 bits per heavy atom. The Morgan fingerprint density at radius 1 is 1.06 bits per heavy atom. The largest absolute Gasteiger partial charge is 0.418 e. The first-order valence-corrected chi connectivity index (χ1v) is 11.5. The summed E-state index contributed by atoms with van der Waals surface area (Å²) in [6.45, 7) is 2.63. The third kappa shape index (κ3) is 4.15. The number of thioether (sulfide) groups is 1. The molecular weight excluding hydrogens is 478 g/mol. The molecule has 1 aromatic heterocycles. The van der Waals surface area contributed by atoms with Crippen LogP contribution in [0.3, 0.4) is 0 Å². The Labute approximate surface area is 195 Å². The topological polar surface area (TPSA) is 35.2 Å². The molecule has 5 rings (SSSR count). The molecule has 0 bridgehead atoms. The molecule has 3 heterocycles. The van der Waals surface area contributed by atoms with Crippen LogP contribution in [0.2, 0.25) is 0 Å². The quantitative estimate of drug-likeness (QED) is 0.402. The molecule has 0 saturated carbocycles. The number of aromatic amines is 1. The van der Waals surface area contributed by atoms with Gasteiger partial charge in [0.15, 0.2) is 0 Å². The van der Waals surface area contributed by atoms with Gasteiger partial charge in [-0.25, -0.2) is 9.99 Å². The lowest BCUT2D eigenvalue weighted by molar-refractivity contribution is -0.142. The molecule has 2 atom stereocenters. The Hall–Kier alpha value is -2.66. The van der Waals surface area contributed by atoms with Gasteiger partial charge in [-0.1, -0.05) is 42.1 Å². The molecule has 3 aromatic rings. The zero-order chi connectivity index (χ0) is 24.3. The Kier molecular flexibility index (Phi) is 5.59. The van der Waals surface area contributed by atoms with Gasteiger partial charge in [-0.15, -0.1) is 0 Å². The first-order valence-electron chi connectivity index (χ1n) is 10.6. The van der Waals surface area contributed by atoms with E-state index >= 15 is 0 Å². The van der Waals surface area contributed by atoms with Crippen molar-refractivity contribution in [2.45, 2.75) is 43.5 Å². The monoisotopic (exact) mass is 497 g/mol. The summed E-state index contributed by atoms with van der Waals surface area (Å²) in [6, 6.07) is 10.1. The molecule has 0 spiro atoms. The number of alkyl halides is 6. The molecule has 0 aliphatic carbocycles. The van der Waals surface area contributed by atoms with Crippen molar-refractivity contribution in [2.75, 3.05) is 6.54 Å². The van der Waals surface area contributed by atoms with Crippen LogP contribution in [-0.2, 0) is 12.4 Å². The summed E-state index contributed by atoms with van der Waals surface area (Å²) >= 11 is 1.61. The van der Waals surface area contributed by atoms with Gasteiger partial charge in [0.1, 0.15) is 11.3 Å². The minimum atomic E-state index is -4.97. The number of benzene rings is 2. The first kappa shape index (κ1) is 23.1. The fraction of sp³-hybridized carbons (Fsp3) is 0.348. The molecule has 4 nitrogen and oxygen atoms in total. The van der Waals surface area contributed by atoms with Crippen molar-refractivity contribution in [1.82, 2.24) is 20.0 Å². The molecule has 1 fully saturated rings. The van der Waals surface area contributed by atoms with Crippen molar-refractivity contribution in [2.24, 2.45) is 0 Å². The van der Waals surface area contributed by atoms with Crippen LogP contribution in [0.25, 0.3) is 15.9 Å². The zero-order valence-corrected chi connectivity index (χ0v) is 18.7. The van der Waals surface area contributed by atoms with E-state index < -0.39 is 35.0 Å². The number of halogens is 6. The van der Waals surface area contributed by atoms with Gasteiger partial charge in [0.25, 0.3) is 0 Å². The van der Waals surface area contributed by atoms with Gasteiger partial charge in [-0.05, 0) is 37.5 Å². The predicted molar refractivity (Wildman–Crippen MR) is 117 cm³/mol. The molecule has 179 valence electrons. The van der Waals surface area contributed by atoms with Crippen LogP contribution in [0.4, 0.5) is 26.3 Å². The highest BCUT2D eigenvalue weighted by Gasteiger charge is 2.41. The molecule has 2 aliphatic rings. The van der Waals surface area contributed by atoms with Crippen LogP contribution in [-0.4, -0.2) is 31.9 Å². The summed E-state index contributed by atoms with van der Waals surface area (Å²) in [4.78, 5) is 7.85. The normalized spacial score (nSPS) is 22.1. The van der Waals surface area contributed by atoms with Gasteiger partial charge in [0.2, 0.25) is 0 Å². The molecule has 1 saturated heterocycles. The number of aromatic nitrogens is 2. The molecule has 2 aromatic carbocycles. The number of H-pyrrole nitrogens is 1. The highest BCUT2D eigenvalue weighted by atomic mass is 32.2. The van der Waals surface area contributed by atoms with Crippen LogP contribution < -0.4 is 0 Å². The second-order valence-electron chi connectivity index (χ2n) is 8.23. The van der Waals surface area contributed by atoms with E-state index in [1.807, 2.05) is 47.3 Å². The number of fused-ring (bicyclic) bond motifs is 1. The summed E-state index contributed by atoms with van der Waals surface area (Å²) in [5, 5.41) is 3.88. The lowest BCUT2D eigenvalue weighted by atomic mass is 10.1. The number of hydrazine groups is 1. The maximum atomic E-state index is 13.6. The number of rotatable bonds is 3. The van der Waals surface area contributed by atoms with Crippen molar-refractivity contribution in [1.29, 1.82) is 0 Å². The van der Waals surface area contributed by atoms with E-state index in [0.717, 1.165) is 16.9 Å². The molecule has 0 amide bonds. The van der Waals surface area contributed by atoms with Crippen LogP contribution in [0.5, 0.6) is 0 Å². The minimum absolute atomic E-state index is 0.0113. The first-order chi connectivity index (χ1) is 16.0. The molecule has 1 radical (unpaired) electrons. The number of nitrogens with one attached hydrogen (secondary N) is 1. The van der Waals surface area contributed by atoms with Crippen molar-refractivity contribution >= 4 is 27.7 Å². The van der Waals surface area contributed by atoms with Gasteiger partial charge in [0.05, 0.1) is 34.3 Å². The number of nitrogens with zero attached hydrogens (tertiary/aromatic N) is 3. The molecule has 11 heteroatoms. The smallest absolute Gasteiger partial charge is 0.341 e. The Balaban J connectivity index is 1.53. The standard InChI is InChI=1S/C23H19F6N4S/c1-13-33(12-19(34-13)14-6-3-2-4-7-14)32-9-5-8-18(32)21-30-17-11-15(22(24,25)26)10-16(20(17)31-21)23(27,28)29/h2-4,6-7,10-11,13,18H,5,8-9H2,1H3,(H,30,31). The highest BCUT2D eigenvalue weighted by molar-refractivity contribution is 8.09. The second-order valence-corrected chi connectivity index (χ2v) is 9.55. The van der Waals surface area contributed by atoms with Gasteiger partial charge >= 0.3 is 12.4 Å². The lowest BCUT2D eigenvalue weighted by Gasteiger charge is -2.34. The van der Waals surface area contributed by atoms with E-state index in [2.05, 4.69) is 16.2 Å². The third-order valence-electron chi connectivity index (χ3n) is 5.94. The molecular formula is C23H19F6N4S. The van der Waals surface area contributed by atoms with Crippen LogP contribution >= 0.6 is 11.8 Å². The maximum absolute atomic E-state index is 13.6. The molecule has 2 aliphatic heterocycles. The van der Waals surface area contributed by atoms with E-state index in [1.54, 1.807) is 11.8 Å². The SMILES string of the molecule is CC1SC(c2ccccc2)=[C]N1N1CCCC1c1nc2c(C(F)(F)F)cc(C(F)(F)F)cc2[nH]1. The van der Waals surface area contributed by atoms with Crippen molar-refractivity contribution in [3.63, 3.8) is 0 Å². The van der Waals surface area contributed by atoms with E-state index in [0.29, 0.717) is 19.0 Å². The molecule has 2 unspecified atom stereocenters. The molecule has 34 heavy (non-hydrogen) atoms. The van der Waals surface area contributed by atoms with Crippen LogP contribution in [0.15, 0.2) is 42.5 Å². The van der Waals surface area contributed by atoms with E-state index in [-0.39, 0.29) is 22.8 Å². The van der Waals surface area contributed by atoms with E-state index in [9.17, 15) is 26.3 Å². The average molecular weight is 497 g/mol.